The second-order valence-corrected chi connectivity index (χ2v) is 7.35. The van der Waals surface area contributed by atoms with Crippen LogP contribution in [-0.2, 0) is 16.1 Å². The van der Waals surface area contributed by atoms with Gasteiger partial charge in [0.2, 0.25) is 0 Å². The van der Waals surface area contributed by atoms with Crippen LogP contribution in [0.2, 0.25) is 0 Å². The highest BCUT2D eigenvalue weighted by Gasteiger charge is 2.61. The number of likely N-dealkylation sites (tertiary alicyclic amines) is 1. The summed E-state index contributed by atoms with van der Waals surface area (Å²) in [5.74, 6) is 0.846. The number of rotatable bonds is 5. The van der Waals surface area contributed by atoms with Crippen LogP contribution in [0.3, 0.4) is 0 Å². The molecular weight excluding hydrogens is 322 g/mol. The molecule has 1 amide bonds. The molecule has 3 fully saturated rings. The first kappa shape index (κ1) is 16.5. The smallest absolute Gasteiger partial charge is 0.309 e. The Bertz CT molecular complexity index is 642. The van der Waals surface area contributed by atoms with Gasteiger partial charge < -0.3 is 15.0 Å². The van der Waals surface area contributed by atoms with Crippen molar-refractivity contribution in [1.82, 2.24) is 25.2 Å². The highest BCUT2D eigenvalue weighted by Crippen LogP contribution is 2.52. The van der Waals surface area contributed by atoms with Crippen LogP contribution >= 0.6 is 0 Å². The number of esters is 1. The summed E-state index contributed by atoms with van der Waals surface area (Å²) in [6.45, 7) is 6.34. The fourth-order valence-corrected chi connectivity index (χ4v) is 4.27. The maximum absolute atomic E-state index is 12.6. The Hall–Kier alpha value is -1.96. The van der Waals surface area contributed by atoms with E-state index >= 15 is 0 Å². The quantitative estimate of drug-likeness (QED) is 0.763. The van der Waals surface area contributed by atoms with E-state index in [9.17, 15) is 9.59 Å². The van der Waals surface area contributed by atoms with Crippen molar-refractivity contribution < 1.29 is 14.3 Å². The maximum Gasteiger partial charge on any atom is 0.309 e. The van der Waals surface area contributed by atoms with Gasteiger partial charge in [-0.25, -0.2) is 0 Å². The molecule has 3 aliphatic rings. The molecule has 1 unspecified atom stereocenters. The Morgan fingerprint density at radius 2 is 2.16 bits per heavy atom. The minimum Gasteiger partial charge on any atom is -0.466 e. The molecule has 0 radical (unpaired) electrons. The summed E-state index contributed by atoms with van der Waals surface area (Å²) < 4.78 is 6.87. The van der Waals surface area contributed by atoms with Crippen LogP contribution in [0.15, 0.2) is 6.20 Å². The van der Waals surface area contributed by atoms with Crippen molar-refractivity contribution in [2.24, 2.45) is 23.7 Å². The van der Waals surface area contributed by atoms with Crippen LogP contribution in [0, 0.1) is 23.7 Å². The Balaban J connectivity index is 1.30. The molecule has 1 aromatic rings. The molecule has 1 aliphatic carbocycles. The van der Waals surface area contributed by atoms with E-state index in [4.69, 9.17) is 4.74 Å². The van der Waals surface area contributed by atoms with Crippen molar-refractivity contribution in [3.8, 4) is 0 Å². The Morgan fingerprint density at radius 1 is 1.36 bits per heavy atom. The lowest BCUT2D eigenvalue weighted by atomic mass is 10.00. The largest absolute Gasteiger partial charge is 0.466 e. The molecule has 0 spiro atoms. The minimum absolute atomic E-state index is 0.0153. The third kappa shape index (κ3) is 3.27. The van der Waals surface area contributed by atoms with Crippen LogP contribution in [0.5, 0.6) is 0 Å². The van der Waals surface area contributed by atoms with Gasteiger partial charge in [-0.05, 0) is 50.6 Å². The first-order valence-corrected chi connectivity index (χ1v) is 9.24. The minimum atomic E-state index is -0.114. The SMILES string of the molecule is CCOC(=O)C1[C@H]2CN(C(=O)c3cn(C[C@H]4CCCNC4)nn3)C[C@@H]12. The average Bonchev–Trinajstić information content (AvgIpc) is 2.97. The Kier molecular flexibility index (Phi) is 4.45. The summed E-state index contributed by atoms with van der Waals surface area (Å²) in [4.78, 5) is 26.2. The first-order chi connectivity index (χ1) is 12.2. The molecule has 1 saturated carbocycles. The number of nitrogens with zero attached hydrogens (tertiary/aromatic N) is 4. The molecule has 4 rings (SSSR count). The number of fused-ring (bicyclic) bond motifs is 1. The van der Waals surface area contributed by atoms with E-state index in [1.807, 2.05) is 6.92 Å². The molecule has 0 aromatic carbocycles. The summed E-state index contributed by atoms with van der Waals surface area (Å²) in [7, 11) is 0. The van der Waals surface area contributed by atoms with Crippen LogP contribution < -0.4 is 5.32 Å². The predicted molar refractivity (Wildman–Crippen MR) is 88.6 cm³/mol. The van der Waals surface area contributed by atoms with Gasteiger partial charge in [0.15, 0.2) is 5.69 Å². The van der Waals surface area contributed by atoms with Crippen LogP contribution in [0.25, 0.3) is 0 Å². The summed E-state index contributed by atoms with van der Waals surface area (Å²) in [6.07, 6.45) is 4.12. The van der Waals surface area contributed by atoms with Gasteiger partial charge in [0.05, 0.1) is 18.7 Å². The normalized spacial score (nSPS) is 30.8. The molecule has 4 atom stereocenters. The number of hydrogen-bond donors (Lipinski definition) is 1. The zero-order valence-corrected chi connectivity index (χ0v) is 14.6. The average molecular weight is 347 g/mol. The third-order valence-electron chi connectivity index (χ3n) is 5.64. The molecule has 3 heterocycles. The molecule has 8 heteroatoms. The standard InChI is InChI=1S/C17H25N5O3/c1-2-25-17(24)15-12-8-21(9-13(12)15)16(23)14-10-22(20-19-14)7-11-4-3-5-18-6-11/h10-13,15,18H,2-9H2,1H3/t11-,12-,13+,15?/m0/s1. The van der Waals surface area contributed by atoms with Gasteiger partial charge in [-0.3, -0.25) is 14.3 Å². The van der Waals surface area contributed by atoms with Crippen molar-refractivity contribution >= 4 is 11.9 Å². The lowest BCUT2D eigenvalue weighted by Gasteiger charge is -2.22. The summed E-state index contributed by atoms with van der Waals surface area (Å²) in [6, 6.07) is 0. The lowest BCUT2D eigenvalue weighted by molar-refractivity contribution is -0.145. The second-order valence-electron chi connectivity index (χ2n) is 7.35. The molecule has 2 aliphatic heterocycles. The van der Waals surface area contributed by atoms with Crippen molar-refractivity contribution in [2.45, 2.75) is 26.3 Å². The Labute approximate surface area is 146 Å². The second kappa shape index (κ2) is 6.74. The number of carbonyl (C=O) groups excluding carboxylic acids is 2. The molecule has 0 bridgehead atoms. The van der Waals surface area contributed by atoms with E-state index in [0.717, 1.165) is 19.6 Å². The highest BCUT2D eigenvalue weighted by molar-refractivity contribution is 5.92. The van der Waals surface area contributed by atoms with Gasteiger partial charge in [0.25, 0.3) is 5.91 Å². The molecule has 1 N–H and O–H groups in total. The van der Waals surface area contributed by atoms with Gasteiger partial charge in [-0.15, -0.1) is 5.10 Å². The zero-order valence-electron chi connectivity index (χ0n) is 14.6. The van der Waals surface area contributed by atoms with Gasteiger partial charge in [-0.2, -0.15) is 0 Å². The van der Waals surface area contributed by atoms with Crippen LogP contribution in [0.1, 0.15) is 30.3 Å². The van der Waals surface area contributed by atoms with Crippen molar-refractivity contribution in [3.05, 3.63) is 11.9 Å². The maximum atomic E-state index is 12.6. The molecular formula is C17H25N5O3. The number of hydrogen-bond acceptors (Lipinski definition) is 6. The summed E-state index contributed by atoms with van der Waals surface area (Å²) in [5, 5.41) is 11.6. The highest BCUT2D eigenvalue weighted by atomic mass is 16.5. The number of nitrogens with one attached hydrogen (secondary N) is 1. The molecule has 25 heavy (non-hydrogen) atoms. The van der Waals surface area contributed by atoms with Gasteiger partial charge in [-0.1, -0.05) is 5.21 Å². The summed E-state index contributed by atoms with van der Waals surface area (Å²) >= 11 is 0. The molecule has 2 saturated heterocycles. The number of piperidine rings is 2. The number of aromatic nitrogens is 3. The lowest BCUT2D eigenvalue weighted by Crippen LogP contribution is -2.33. The van der Waals surface area contributed by atoms with Gasteiger partial charge >= 0.3 is 5.97 Å². The van der Waals surface area contributed by atoms with Gasteiger partial charge in [0.1, 0.15) is 0 Å². The van der Waals surface area contributed by atoms with E-state index in [0.29, 0.717) is 31.3 Å². The summed E-state index contributed by atoms with van der Waals surface area (Å²) in [5.41, 5.74) is 0.401. The monoisotopic (exact) mass is 347 g/mol. The fourth-order valence-electron chi connectivity index (χ4n) is 4.27. The topological polar surface area (TPSA) is 89.4 Å². The number of carbonyl (C=O) groups is 2. The number of ether oxygens (including phenoxy) is 1. The van der Waals surface area contributed by atoms with E-state index < -0.39 is 0 Å². The molecule has 1 aromatic heterocycles. The number of amides is 1. The van der Waals surface area contributed by atoms with E-state index in [2.05, 4.69) is 15.6 Å². The Morgan fingerprint density at radius 3 is 2.84 bits per heavy atom. The van der Waals surface area contributed by atoms with E-state index in [1.54, 1.807) is 15.8 Å². The van der Waals surface area contributed by atoms with Crippen molar-refractivity contribution in [2.75, 3.05) is 32.8 Å². The third-order valence-corrected chi connectivity index (χ3v) is 5.64. The first-order valence-electron chi connectivity index (χ1n) is 9.24. The van der Waals surface area contributed by atoms with Crippen LogP contribution in [0.4, 0.5) is 0 Å². The predicted octanol–water partition coefficient (Wildman–Crippen LogP) is 0.159. The van der Waals surface area contributed by atoms with E-state index in [1.165, 1.54) is 12.8 Å². The van der Waals surface area contributed by atoms with E-state index in [-0.39, 0.29) is 29.6 Å². The zero-order chi connectivity index (χ0) is 17.4. The molecule has 136 valence electrons. The van der Waals surface area contributed by atoms with Crippen LogP contribution in [-0.4, -0.2) is 64.6 Å². The van der Waals surface area contributed by atoms with Gasteiger partial charge in [0, 0.05) is 19.6 Å². The fraction of sp³-hybridized carbons (Fsp3) is 0.765. The van der Waals surface area contributed by atoms with Crippen molar-refractivity contribution in [1.29, 1.82) is 0 Å². The van der Waals surface area contributed by atoms with Crippen molar-refractivity contribution in [3.63, 3.8) is 0 Å². The molecule has 8 nitrogen and oxygen atoms in total.